The zero-order valence-corrected chi connectivity index (χ0v) is 12.4. The Labute approximate surface area is 116 Å². The minimum Gasteiger partial charge on any atom is -0.377 e. The van der Waals surface area contributed by atoms with E-state index in [1.54, 1.807) is 0 Å². The number of piperidine rings is 1. The van der Waals surface area contributed by atoms with Crippen LogP contribution in [0.4, 0.5) is 0 Å². The molecule has 1 N–H and O–H groups in total. The Bertz CT molecular complexity index is 288. The number of likely N-dealkylation sites (tertiary alicyclic amines) is 1. The van der Waals surface area contributed by atoms with Crippen molar-refractivity contribution in [3.05, 3.63) is 0 Å². The van der Waals surface area contributed by atoms with Gasteiger partial charge in [-0.15, -0.1) is 0 Å². The second-order valence-electron chi connectivity index (χ2n) is 5.79. The van der Waals surface area contributed by atoms with Gasteiger partial charge < -0.3 is 15.0 Å². The van der Waals surface area contributed by atoms with Gasteiger partial charge in [0.1, 0.15) is 0 Å². The number of carbonyl (C=O) groups is 1. The maximum absolute atomic E-state index is 12.5. The van der Waals surface area contributed by atoms with Crippen LogP contribution in [0.15, 0.2) is 0 Å². The quantitative estimate of drug-likeness (QED) is 0.824. The lowest BCUT2D eigenvalue weighted by molar-refractivity contribution is -0.138. The molecular weight excluding hydrogens is 240 g/mol. The van der Waals surface area contributed by atoms with Crippen molar-refractivity contribution >= 4 is 5.91 Å². The molecule has 2 aliphatic rings. The molecule has 2 aliphatic heterocycles. The van der Waals surface area contributed by atoms with Crippen LogP contribution in [0.5, 0.6) is 0 Å². The molecule has 0 saturated carbocycles. The number of amides is 1. The summed E-state index contributed by atoms with van der Waals surface area (Å²) in [7, 11) is 0. The highest BCUT2D eigenvalue weighted by Gasteiger charge is 2.36. The van der Waals surface area contributed by atoms with E-state index in [4.69, 9.17) is 4.74 Å². The van der Waals surface area contributed by atoms with Crippen LogP contribution >= 0.6 is 0 Å². The molecule has 2 rings (SSSR count). The smallest absolute Gasteiger partial charge is 0.228 e. The molecule has 1 amide bonds. The first kappa shape index (κ1) is 14.8. The summed E-state index contributed by atoms with van der Waals surface area (Å²) in [5.74, 6) is 1.20. The number of hydrogen-bond acceptors (Lipinski definition) is 3. The molecule has 2 heterocycles. The van der Waals surface area contributed by atoms with Gasteiger partial charge in [0.25, 0.3) is 0 Å². The fraction of sp³-hybridized carbons (Fsp3) is 0.933. The summed E-state index contributed by atoms with van der Waals surface area (Å²) in [5, 5.41) is 3.41. The van der Waals surface area contributed by atoms with Gasteiger partial charge in [0.2, 0.25) is 5.91 Å². The van der Waals surface area contributed by atoms with Crippen LogP contribution in [-0.2, 0) is 9.53 Å². The summed E-state index contributed by atoms with van der Waals surface area (Å²) >= 11 is 0. The maximum Gasteiger partial charge on any atom is 0.228 e. The number of nitrogens with one attached hydrogen (secondary N) is 1. The SMILES string of the molecule is CCNCC1CCN(C(=O)C2CCOC2CC)CC1. The van der Waals surface area contributed by atoms with E-state index in [9.17, 15) is 4.79 Å². The Hall–Kier alpha value is -0.610. The first-order valence-electron chi connectivity index (χ1n) is 7.87. The lowest BCUT2D eigenvalue weighted by atomic mass is 9.93. The summed E-state index contributed by atoms with van der Waals surface area (Å²) in [6.45, 7) is 9.01. The fourth-order valence-electron chi connectivity index (χ4n) is 3.27. The molecule has 4 nitrogen and oxygen atoms in total. The lowest BCUT2D eigenvalue weighted by Gasteiger charge is -2.34. The highest BCUT2D eigenvalue weighted by Crippen LogP contribution is 2.27. The van der Waals surface area contributed by atoms with Gasteiger partial charge in [-0.2, -0.15) is 0 Å². The first-order valence-corrected chi connectivity index (χ1v) is 7.87. The average molecular weight is 268 g/mol. The van der Waals surface area contributed by atoms with E-state index in [2.05, 4.69) is 24.1 Å². The molecule has 0 aromatic rings. The van der Waals surface area contributed by atoms with Gasteiger partial charge in [0.15, 0.2) is 0 Å². The summed E-state index contributed by atoms with van der Waals surface area (Å²) in [4.78, 5) is 14.6. The minimum atomic E-state index is 0.121. The van der Waals surface area contributed by atoms with Crippen LogP contribution < -0.4 is 5.32 Å². The molecule has 4 heteroatoms. The van der Waals surface area contributed by atoms with Crippen LogP contribution in [0, 0.1) is 11.8 Å². The molecule has 0 radical (unpaired) electrons. The Morgan fingerprint density at radius 2 is 2.00 bits per heavy atom. The summed E-state index contributed by atoms with van der Waals surface area (Å²) < 4.78 is 5.64. The summed E-state index contributed by atoms with van der Waals surface area (Å²) in [6.07, 6.45) is 4.31. The molecule has 0 bridgehead atoms. The van der Waals surface area contributed by atoms with Gasteiger partial charge >= 0.3 is 0 Å². The third-order valence-electron chi connectivity index (χ3n) is 4.54. The summed E-state index contributed by atoms with van der Waals surface area (Å²) in [5.41, 5.74) is 0. The van der Waals surface area contributed by atoms with E-state index in [0.29, 0.717) is 5.91 Å². The number of rotatable bonds is 5. The van der Waals surface area contributed by atoms with Gasteiger partial charge in [0, 0.05) is 19.7 Å². The summed E-state index contributed by atoms with van der Waals surface area (Å²) in [6, 6.07) is 0. The van der Waals surface area contributed by atoms with Crippen molar-refractivity contribution in [3.63, 3.8) is 0 Å². The number of nitrogens with zero attached hydrogens (tertiary/aromatic N) is 1. The Balaban J connectivity index is 1.79. The van der Waals surface area contributed by atoms with Crippen LogP contribution in [0.1, 0.15) is 39.5 Å². The second-order valence-corrected chi connectivity index (χ2v) is 5.79. The van der Waals surface area contributed by atoms with E-state index < -0.39 is 0 Å². The number of carbonyl (C=O) groups excluding carboxylic acids is 1. The molecule has 2 saturated heterocycles. The molecule has 0 aromatic heterocycles. The Kier molecular flexibility index (Phi) is 5.64. The van der Waals surface area contributed by atoms with Crippen LogP contribution in [0.3, 0.4) is 0 Å². The van der Waals surface area contributed by atoms with Crippen molar-refractivity contribution in [2.24, 2.45) is 11.8 Å². The molecule has 2 fully saturated rings. The van der Waals surface area contributed by atoms with Crippen molar-refractivity contribution in [2.75, 3.05) is 32.8 Å². The minimum absolute atomic E-state index is 0.121. The molecule has 110 valence electrons. The zero-order valence-electron chi connectivity index (χ0n) is 12.4. The molecule has 19 heavy (non-hydrogen) atoms. The monoisotopic (exact) mass is 268 g/mol. The van der Waals surface area contributed by atoms with Crippen molar-refractivity contribution in [1.82, 2.24) is 10.2 Å². The predicted octanol–water partition coefficient (Wildman–Crippen LogP) is 1.65. The van der Waals surface area contributed by atoms with Crippen LogP contribution in [0.25, 0.3) is 0 Å². The fourth-order valence-corrected chi connectivity index (χ4v) is 3.27. The van der Waals surface area contributed by atoms with E-state index >= 15 is 0 Å². The van der Waals surface area contributed by atoms with Crippen LogP contribution in [0.2, 0.25) is 0 Å². The van der Waals surface area contributed by atoms with Gasteiger partial charge in [-0.3, -0.25) is 4.79 Å². The molecule has 0 spiro atoms. The first-order chi connectivity index (χ1) is 9.26. The van der Waals surface area contributed by atoms with Crippen molar-refractivity contribution < 1.29 is 9.53 Å². The second kappa shape index (κ2) is 7.25. The van der Waals surface area contributed by atoms with Gasteiger partial charge in [-0.1, -0.05) is 13.8 Å². The molecule has 0 aliphatic carbocycles. The average Bonchev–Trinajstić information content (AvgIpc) is 2.93. The molecule has 2 atom stereocenters. The zero-order chi connectivity index (χ0) is 13.7. The van der Waals surface area contributed by atoms with Gasteiger partial charge in [0.05, 0.1) is 12.0 Å². The highest BCUT2D eigenvalue weighted by atomic mass is 16.5. The van der Waals surface area contributed by atoms with E-state index in [1.807, 2.05) is 0 Å². The van der Waals surface area contributed by atoms with Gasteiger partial charge in [-0.05, 0) is 44.7 Å². The highest BCUT2D eigenvalue weighted by molar-refractivity contribution is 5.79. The van der Waals surface area contributed by atoms with E-state index in [0.717, 1.165) is 64.4 Å². The molecule has 2 unspecified atom stereocenters. The van der Waals surface area contributed by atoms with E-state index in [1.165, 1.54) is 0 Å². The van der Waals surface area contributed by atoms with Crippen molar-refractivity contribution in [2.45, 2.75) is 45.6 Å². The van der Waals surface area contributed by atoms with E-state index in [-0.39, 0.29) is 12.0 Å². The maximum atomic E-state index is 12.5. The molecule has 0 aromatic carbocycles. The normalized spacial score (nSPS) is 28.8. The van der Waals surface area contributed by atoms with Gasteiger partial charge in [-0.25, -0.2) is 0 Å². The van der Waals surface area contributed by atoms with Crippen molar-refractivity contribution in [1.29, 1.82) is 0 Å². The number of hydrogen-bond donors (Lipinski definition) is 1. The predicted molar refractivity (Wildman–Crippen MR) is 76.0 cm³/mol. The molecular formula is C15H28N2O2. The standard InChI is InChI=1S/C15H28N2O2/c1-3-14-13(7-10-19-14)15(18)17-8-5-12(6-9-17)11-16-4-2/h12-14,16H,3-11H2,1-2H3. The largest absolute Gasteiger partial charge is 0.377 e. The Morgan fingerprint density at radius 3 is 2.63 bits per heavy atom. The lowest BCUT2D eigenvalue weighted by Crippen LogP contribution is -2.45. The number of ether oxygens (including phenoxy) is 1. The Morgan fingerprint density at radius 1 is 1.26 bits per heavy atom. The topological polar surface area (TPSA) is 41.6 Å². The third-order valence-corrected chi connectivity index (χ3v) is 4.54. The van der Waals surface area contributed by atoms with Crippen LogP contribution in [-0.4, -0.2) is 49.7 Å². The third kappa shape index (κ3) is 3.69. The van der Waals surface area contributed by atoms with Crippen molar-refractivity contribution in [3.8, 4) is 0 Å².